The van der Waals surface area contributed by atoms with Gasteiger partial charge in [0.25, 0.3) is 9.05 Å². The van der Waals surface area contributed by atoms with Crippen molar-refractivity contribution in [2.24, 2.45) is 0 Å². The third kappa shape index (κ3) is 2.68. The normalized spacial score (nSPS) is 11.5. The lowest BCUT2D eigenvalue weighted by molar-refractivity contribution is 0.415. The highest BCUT2D eigenvalue weighted by atomic mass is 35.7. The fraction of sp³-hybridized carbons (Fsp3) is 0.167. The van der Waals surface area contributed by atoms with Gasteiger partial charge in [0.15, 0.2) is 0 Å². The van der Waals surface area contributed by atoms with Crippen molar-refractivity contribution < 1.29 is 13.2 Å². The Morgan fingerprint density at radius 2 is 1.83 bits per heavy atom. The van der Waals surface area contributed by atoms with Crippen LogP contribution < -0.4 is 4.74 Å². The van der Waals surface area contributed by atoms with Crippen LogP contribution in [0.4, 0.5) is 0 Å². The fourth-order valence-electron chi connectivity index (χ4n) is 1.60. The molecule has 18 heavy (non-hydrogen) atoms. The van der Waals surface area contributed by atoms with Crippen molar-refractivity contribution in [3.63, 3.8) is 0 Å². The first-order valence-corrected chi connectivity index (χ1v) is 8.24. The van der Waals surface area contributed by atoms with E-state index in [0.29, 0.717) is 0 Å². The Bertz CT molecular complexity index is 657. The standard InChI is InChI=1S/C12H11ClO3S2/c1-8-7-11(18(13,14)15)17-12(8)9-3-5-10(16-2)6-4-9/h3-7H,1-2H3. The molecule has 2 aromatic rings. The molecule has 1 aromatic heterocycles. The molecule has 2 rings (SSSR count). The van der Waals surface area contributed by atoms with Gasteiger partial charge in [0, 0.05) is 15.6 Å². The topological polar surface area (TPSA) is 43.4 Å². The minimum absolute atomic E-state index is 0.174. The van der Waals surface area contributed by atoms with E-state index in [1.54, 1.807) is 13.2 Å². The monoisotopic (exact) mass is 302 g/mol. The number of rotatable bonds is 3. The Labute approximate surface area is 114 Å². The molecule has 1 aromatic carbocycles. The predicted octanol–water partition coefficient (Wildman–Crippen LogP) is 3.66. The van der Waals surface area contributed by atoms with Gasteiger partial charge < -0.3 is 4.74 Å². The summed E-state index contributed by atoms with van der Waals surface area (Å²) in [7, 11) is 3.28. The first-order chi connectivity index (χ1) is 8.41. The molecule has 0 fully saturated rings. The molecule has 3 nitrogen and oxygen atoms in total. The lowest BCUT2D eigenvalue weighted by atomic mass is 10.1. The van der Waals surface area contributed by atoms with E-state index in [-0.39, 0.29) is 4.21 Å². The summed E-state index contributed by atoms with van der Waals surface area (Å²) in [6.45, 7) is 1.86. The second-order valence-electron chi connectivity index (χ2n) is 3.74. The number of methoxy groups -OCH3 is 1. The van der Waals surface area contributed by atoms with Crippen LogP contribution in [-0.2, 0) is 9.05 Å². The molecule has 0 N–H and O–H groups in total. The summed E-state index contributed by atoms with van der Waals surface area (Å²) in [5.41, 5.74) is 1.84. The number of ether oxygens (including phenoxy) is 1. The van der Waals surface area contributed by atoms with Gasteiger partial charge in [-0.3, -0.25) is 0 Å². The smallest absolute Gasteiger partial charge is 0.270 e. The van der Waals surface area contributed by atoms with E-state index >= 15 is 0 Å². The summed E-state index contributed by atoms with van der Waals surface area (Å²) >= 11 is 1.17. The Balaban J connectivity index is 2.47. The first kappa shape index (κ1) is 13.4. The molecule has 0 aliphatic carbocycles. The van der Waals surface area contributed by atoms with Crippen molar-refractivity contribution in [3.05, 3.63) is 35.9 Å². The molecule has 6 heteroatoms. The first-order valence-electron chi connectivity index (χ1n) is 5.11. The SMILES string of the molecule is COc1ccc(-c2sc(S(=O)(=O)Cl)cc2C)cc1. The molecular formula is C12H11ClO3S2. The summed E-state index contributed by atoms with van der Waals surface area (Å²) in [4.78, 5) is 0.900. The Kier molecular flexibility index (Phi) is 3.66. The Morgan fingerprint density at radius 1 is 1.22 bits per heavy atom. The molecule has 0 spiro atoms. The van der Waals surface area contributed by atoms with Crippen molar-refractivity contribution in [1.82, 2.24) is 0 Å². The van der Waals surface area contributed by atoms with Crippen LogP contribution >= 0.6 is 22.0 Å². The van der Waals surface area contributed by atoms with Crippen molar-refractivity contribution >= 4 is 31.1 Å². The van der Waals surface area contributed by atoms with E-state index in [0.717, 1.165) is 21.8 Å². The lowest BCUT2D eigenvalue weighted by Gasteiger charge is -2.02. The average molecular weight is 303 g/mol. The summed E-state index contributed by atoms with van der Waals surface area (Å²) in [6.07, 6.45) is 0. The summed E-state index contributed by atoms with van der Waals surface area (Å²) in [5.74, 6) is 0.762. The molecule has 0 aliphatic rings. The molecule has 0 saturated carbocycles. The lowest BCUT2D eigenvalue weighted by Crippen LogP contribution is -1.83. The van der Waals surface area contributed by atoms with Gasteiger partial charge in [-0.1, -0.05) is 0 Å². The van der Waals surface area contributed by atoms with E-state index in [1.165, 1.54) is 11.3 Å². The quantitative estimate of drug-likeness (QED) is 0.813. The number of thiophene rings is 1. The van der Waals surface area contributed by atoms with E-state index in [1.807, 2.05) is 31.2 Å². The Hall–Kier alpha value is -1.04. The molecule has 0 aliphatic heterocycles. The van der Waals surface area contributed by atoms with Crippen molar-refractivity contribution in [3.8, 4) is 16.2 Å². The largest absolute Gasteiger partial charge is 0.497 e. The zero-order valence-electron chi connectivity index (χ0n) is 9.81. The van der Waals surface area contributed by atoms with Gasteiger partial charge in [-0.25, -0.2) is 8.42 Å². The second-order valence-corrected chi connectivity index (χ2v) is 7.59. The zero-order valence-corrected chi connectivity index (χ0v) is 12.2. The fourth-order valence-corrected chi connectivity index (χ4v) is 3.90. The molecule has 0 radical (unpaired) electrons. The molecule has 0 bridgehead atoms. The van der Waals surface area contributed by atoms with Crippen LogP contribution in [0.2, 0.25) is 0 Å². The molecular weight excluding hydrogens is 292 g/mol. The van der Waals surface area contributed by atoms with E-state index in [9.17, 15) is 8.42 Å². The highest BCUT2D eigenvalue weighted by Crippen LogP contribution is 2.36. The van der Waals surface area contributed by atoms with Gasteiger partial charge in [0.1, 0.15) is 9.96 Å². The minimum Gasteiger partial charge on any atom is -0.497 e. The molecule has 0 unspecified atom stereocenters. The van der Waals surface area contributed by atoms with Crippen LogP contribution in [0, 0.1) is 6.92 Å². The van der Waals surface area contributed by atoms with Crippen LogP contribution in [0.15, 0.2) is 34.5 Å². The van der Waals surface area contributed by atoms with Gasteiger partial charge in [-0.15, -0.1) is 11.3 Å². The highest BCUT2D eigenvalue weighted by molar-refractivity contribution is 8.15. The molecule has 0 amide bonds. The number of benzene rings is 1. The molecule has 0 saturated heterocycles. The van der Waals surface area contributed by atoms with Crippen molar-refractivity contribution in [2.75, 3.05) is 7.11 Å². The van der Waals surface area contributed by atoms with Crippen LogP contribution in [0.1, 0.15) is 5.56 Å². The minimum atomic E-state index is -3.66. The zero-order chi connectivity index (χ0) is 13.3. The summed E-state index contributed by atoms with van der Waals surface area (Å²) in [6, 6.07) is 9.05. The third-order valence-electron chi connectivity index (χ3n) is 2.49. The Morgan fingerprint density at radius 3 is 2.28 bits per heavy atom. The summed E-state index contributed by atoms with van der Waals surface area (Å²) in [5, 5.41) is 0. The van der Waals surface area contributed by atoms with E-state index in [2.05, 4.69) is 0 Å². The molecule has 0 atom stereocenters. The van der Waals surface area contributed by atoms with E-state index in [4.69, 9.17) is 15.4 Å². The molecule has 96 valence electrons. The van der Waals surface area contributed by atoms with Crippen LogP contribution in [0.5, 0.6) is 5.75 Å². The number of aryl methyl sites for hydroxylation is 1. The highest BCUT2D eigenvalue weighted by Gasteiger charge is 2.16. The van der Waals surface area contributed by atoms with Crippen LogP contribution in [0.25, 0.3) is 10.4 Å². The van der Waals surface area contributed by atoms with Crippen LogP contribution in [0.3, 0.4) is 0 Å². The van der Waals surface area contributed by atoms with Gasteiger partial charge in [-0.2, -0.15) is 0 Å². The van der Waals surface area contributed by atoms with Gasteiger partial charge in [-0.05, 0) is 48.4 Å². The average Bonchev–Trinajstić information content (AvgIpc) is 2.71. The maximum atomic E-state index is 11.3. The van der Waals surface area contributed by atoms with Crippen molar-refractivity contribution in [1.29, 1.82) is 0 Å². The number of hydrogen-bond donors (Lipinski definition) is 0. The maximum absolute atomic E-state index is 11.3. The van der Waals surface area contributed by atoms with Gasteiger partial charge in [0.2, 0.25) is 0 Å². The van der Waals surface area contributed by atoms with Crippen molar-refractivity contribution in [2.45, 2.75) is 11.1 Å². The van der Waals surface area contributed by atoms with Gasteiger partial charge >= 0.3 is 0 Å². The molecule has 1 heterocycles. The number of halogens is 1. The third-order valence-corrected chi connectivity index (χ3v) is 5.85. The van der Waals surface area contributed by atoms with Crippen LogP contribution in [-0.4, -0.2) is 15.5 Å². The van der Waals surface area contributed by atoms with E-state index < -0.39 is 9.05 Å². The number of hydrogen-bond acceptors (Lipinski definition) is 4. The second kappa shape index (κ2) is 4.91. The van der Waals surface area contributed by atoms with Gasteiger partial charge in [0.05, 0.1) is 7.11 Å². The predicted molar refractivity (Wildman–Crippen MR) is 74.1 cm³/mol. The maximum Gasteiger partial charge on any atom is 0.270 e. The summed E-state index contributed by atoms with van der Waals surface area (Å²) < 4.78 is 27.8.